The average molecular weight is 519 g/mol. The molecule has 2 aromatic carbocycles. The molecule has 0 aliphatic rings. The van der Waals surface area contributed by atoms with Gasteiger partial charge in [0, 0.05) is 20.1 Å². The normalized spacial score (nSPS) is 11.4. The number of hydrogen-bond donors (Lipinski definition) is 0. The van der Waals surface area contributed by atoms with E-state index >= 15 is 0 Å². The molecule has 9 heteroatoms. The van der Waals surface area contributed by atoms with E-state index in [2.05, 4.69) is 4.98 Å². The highest BCUT2D eigenvalue weighted by Crippen LogP contribution is 2.39. The van der Waals surface area contributed by atoms with Gasteiger partial charge in [0.1, 0.15) is 12.4 Å². The van der Waals surface area contributed by atoms with E-state index in [4.69, 9.17) is 14.2 Å². The molecule has 0 amide bonds. The van der Waals surface area contributed by atoms with Crippen molar-refractivity contribution in [1.82, 2.24) is 18.7 Å². The monoisotopic (exact) mass is 518 g/mol. The van der Waals surface area contributed by atoms with Gasteiger partial charge in [-0.3, -0.25) is 13.9 Å². The highest BCUT2D eigenvalue weighted by Gasteiger charge is 2.19. The fourth-order valence-electron chi connectivity index (χ4n) is 4.41. The number of hydrogen-bond acceptors (Lipinski definition) is 6. The van der Waals surface area contributed by atoms with Gasteiger partial charge in [0.2, 0.25) is 5.75 Å². The summed E-state index contributed by atoms with van der Waals surface area (Å²) in [7, 11) is 4.95. The molecule has 0 fully saturated rings. The summed E-state index contributed by atoms with van der Waals surface area (Å²) in [5, 5.41) is 0. The topological polar surface area (TPSA) is 89.5 Å². The molecule has 200 valence electrons. The second kappa shape index (κ2) is 11.9. The van der Waals surface area contributed by atoms with Gasteiger partial charge in [0.15, 0.2) is 22.7 Å². The molecule has 0 unspecified atom stereocenters. The highest BCUT2D eigenvalue weighted by atomic mass is 16.5. The van der Waals surface area contributed by atoms with E-state index in [9.17, 15) is 9.59 Å². The highest BCUT2D eigenvalue weighted by molar-refractivity contribution is 5.77. The van der Waals surface area contributed by atoms with Crippen molar-refractivity contribution < 1.29 is 14.2 Å². The van der Waals surface area contributed by atoms with Crippen LogP contribution in [-0.4, -0.2) is 32.9 Å². The maximum atomic E-state index is 13.2. The Morgan fingerprint density at radius 1 is 0.895 bits per heavy atom. The molecule has 4 rings (SSSR count). The van der Waals surface area contributed by atoms with E-state index in [1.165, 1.54) is 4.57 Å². The summed E-state index contributed by atoms with van der Waals surface area (Å²) >= 11 is 0. The molecule has 9 nitrogen and oxygen atoms in total. The van der Waals surface area contributed by atoms with Gasteiger partial charge >= 0.3 is 5.69 Å². The molecule has 0 aliphatic carbocycles. The molecule has 0 atom stereocenters. The lowest BCUT2D eigenvalue weighted by atomic mass is 10.1. The molecular formula is C29H34N4O5. The van der Waals surface area contributed by atoms with Gasteiger partial charge in [-0.05, 0) is 42.2 Å². The Labute approximate surface area is 221 Å². The van der Waals surface area contributed by atoms with E-state index in [0.717, 1.165) is 17.5 Å². The number of fused-ring (bicyclic) bond motifs is 1. The summed E-state index contributed by atoms with van der Waals surface area (Å²) < 4.78 is 21.9. The Morgan fingerprint density at radius 3 is 2.13 bits per heavy atom. The molecule has 0 bridgehead atoms. The van der Waals surface area contributed by atoms with Crippen LogP contribution in [0.5, 0.6) is 17.2 Å². The summed E-state index contributed by atoms with van der Waals surface area (Å²) in [6.45, 7) is 5.16. The Hall–Kier alpha value is -4.27. The third-order valence-electron chi connectivity index (χ3n) is 6.30. The van der Waals surface area contributed by atoms with E-state index in [0.29, 0.717) is 60.4 Å². The molecular weight excluding hydrogens is 484 g/mol. The fourth-order valence-corrected chi connectivity index (χ4v) is 4.41. The Bertz CT molecular complexity index is 1540. The molecule has 2 aromatic heterocycles. The lowest BCUT2D eigenvalue weighted by Crippen LogP contribution is -2.40. The lowest BCUT2D eigenvalue weighted by Gasteiger charge is -2.15. The molecule has 0 N–H and O–H groups in total. The van der Waals surface area contributed by atoms with Crippen LogP contribution in [0.1, 0.15) is 43.6 Å². The summed E-state index contributed by atoms with van der Waals surface area (Å²) in [6.07, 6.45) is 5.11. The van der Waals surface area contributed by atoms with Gasteiger partial charge in [-0.1, -0.05) is 50.3 Å². The van der Waals surface area contributed by atoms with E-state index in [1.54, 1.807) is 30.4 Å². The minimum Gasteiger partial charge on any atom is -0.493 e. The quantitative estimate of drug-likeness (QED) is 0.291. The molecule has 0 spiro atoms. The van der Waals surface area contributed by atoms with Gasteiger partial charge in [-0.15, -0.1) is 0 Å². The maximum absolute atomic E-state index is 13.2. The van der Waals surface area contributed by atoms with Crippen LogP contribution < -0.4 is 25.5 Å². The molecule has 0 saturated heterocycles. The smallest absolute Gasteiger partial charge is 0.332 e. The van der Waals surface area contributed by atoms with Crippen molar-refractivity contribution in [3.05, 3.63) is 80.3 Å². The zero-order valence-electron chi connectivity index (χ0n) is 22.6. The van der Waals surface area contributed by atoms with Crippen LogP contribution in [0.25, 0.3) is 23.3 Å². The van der Waals surface area contributed by atoms with Crippen LogP contribution in [-0.2, 0) is 26.7 Å². The Kier molecular flexibility index (Phi) is 8.35. The third-order valence-corrected chi connectivity index (χ3v) is 6.30. The van der Waals surface area contributed by atoms with Crippen LogP contribution >= 0.6 is 0 Å². The summed E-state index contributed by atoms with van der Waals surface area (Å²) in [5.41, 5.74) is 1.99. The fraction of sp³-hybridized carbons (Fsp3) is 0.345. The first-order valence-corrected chi connectivity index (χ1v) is 12.7. The van der Waals surface area contributed by atoms with Crippen molar-refractivity contribution in [2.75, 3.05) is 14.2 Å². The van der Waals surface area contributed by atoms with Crippen molar-refractivity contribution in [1.29, 1.82) is 0 Å². The number of methoxy groups -OCH3 is 2. The number of imidazole rings is 1. The van der Waals surface area contributed by atoms with Gasteiger partial charge in [-0.2, -0.15) is 0 Å². The third kappa shape index (κ3) is 5.22. The second-order valence-electron chi connectivity index (χ2n) is 8.95. The van der Waals surface area contributed by atoms with Crippen LogP contribution in [0.2, 0.25) is 0 Å². The van der Waals surface area contributed by atoms with E-state index in [1.807, 2.05) is 68.5 Å². The number of nitrogens with zero attached hydrogens (tertiary/aromatic N) is 4. The average Bonchev–Trinajstić information content (AvgIpc) is 3.27. The van der Waals surface area contributed by atoms with Crippen molar-refractivity contribution in [3.8, 4) is 17.2 Å². The number of ether oxygens (including phenoxy) is 3. The van der Waals surface area contributed by atoms with Gasteiger partial charge in [-0.25, -0.2) is 9.78 Å². The first-order valence-electron chi connectivity index (χ1n) is 12.7. The van der Waals surface area contributed by atoms with Crippen molar-refractivity contribution in [2.24, 2.45) is 7.05 Å². The predicted molar refractivity (Wildman–Crippen MR) is 149 cm³/mol. The van der Waals surface area contributed by atoms with Crippen LogP contribution in [0, 0.1) is 0 Å². The zero-order chi connectivity index (χ0) is 27.2. The van der Waals surface area contributed by atoms with Gasteiger partial charge in [0.05, 0.1) is 14.2 Å². The molecule has 0 saturated carbocycles. The van der Waals surface area contributed by atoms with Crippen LogP contribution in [0.4, 0.5) is 0 Å². The summed E-state index contributed by atoms with van der Waals surface area (Å²) in [4.78, 5) is 30.9. The number of aryl methyl sites for hydroxylation is 2. The lowest BCUT2D eigenvalue weighted by molar-refractivity contribution is 0.266. The number of rotatable bonds is 11. The Balaban J connectivity index is 1.73. The van der Waals surface area contributed by atoms with E-state index in [-0.39, 0.29) is 11.2 Å². The second-order valence-corrected chi connectivity index (χ2v) is 8.95. The van der Waals surface area contributed by atoms with Gasteiger partial charge < -0.3 is 18.8 Å². The van der Waals surface area contributed by atoms with Crippen molar-refractivity contribution in [3.63, 3.8) is 0 Å². The van der Waals surface area contributed by atoms with Gasteiger partial charge in [0.25, 0.3) is 5.56 Å². The van der Waals surface area contributed by atoms with Crippen molar-refractivity contribution >= 4 is 23.3 Å². The summed E-state index contributed by atoms with van der Waals surface area (Å²) in [5.74, 6) is 2.13. The molecule has 2 heterocycles. The minimum absolute atomic E-state index is 0.319. The molecule has 4 aromatic rings. The van der Waals surface area contributed by atoms with Crippen molar-refractivity contribution in [2.45, 2.75) is 46.4 Å². The largest absolute Gasteiger partial charge is 0.493 e. The van der Waals surface area contributed by atoms with E-state index < -0.39 is 0 Å². The maximum Gasteiger partial charge on any atom is 0.332 e. The SMILES string of the molecule is CCCn1c(=O)c2c(nc(/C=C/c3cc(OC)c(OCc4ccccc4)c(OC)c3)n2C)n(CCC)c1=O. The van der Waals surface area contributed by atoms with Crippen LogP contribution in [0.3, 0.4) is 0 Å². The predicted octanol–water partition coefficient (Wildman–Crippen LogP) is 4.48. The standard InChI is InChI=1S/C29H34N4O5/c1-6-15-32-27-25(28(34)33(16-7-2)29(32)35)31(3)24(30-27)14-13-21-17-22(36-4)26(23(18-21)37-5)38-19-20-11-9-8-10-12-20/h8-14,17-18H,6-7,15-16,19H2,1-5H3/b14-13+. The molecule has 0 aliphatic heterocycles. The first-order chi connectivity index (χ1) is 18.4. The Morgan fingerprint density at radius 2 is 1.53 bits per heavy atom. The number of benzene rings is 2. The first kappa shape index (κ1) is 26.8. The number of aromatic nitrogens is 4. The minimum atomic E-state index is -0.322. The summed E-state index contributed by atoms with van der Waals surface area (Å²) in [6, 6.07) is 13.6. The molecule has 38 heavy (non-hydrogen) atoms. The molecule has 0 radical (unpaired) electrons. The van der Waals surface area contributed by atoms with Crippen LogP contribution in [0.15, 0.2) is 52.1 Å². The zero-order valence-corrected chi connectivity index (χ0v) is 22.6.